The maximum atomic E-state index is 12.4. The van der Waals surface area contributed by atoms with Gasteiger partial charge in [-0.1, -0.05) is 96.3 Å². The van der Waals surface area contributed by atoms with Crippen LogP contribution in [0.5, 0.6) is 0 Å². The number of benzene rings is 1. The molecule has 34 heavy (non-hydrogen) atoms. The normalized spacial score (nSPS) is 10.1. The lowest BCUT2D eigenvalue weighted by atomic mass is 10.1. The molecule has 1 N–H and O–H groups in total. The van der Waals surface area contributed by atoms with E-state index in [1.54, 1.807) is 24.3 Å². The predicted molar refractivity (Wildman–Crippen MR) is 136 cm³/mol. The van der Waals surface area contributed by atoms with Gasteiger partial charge in [-0.15, -0.1) is 6.58 Å². The zero-order chi connectivity index (χ0) is 25.4. The van der Waals surface area contributed by atoms with E-state index in [-0.39, 0.29) is 6.42 Å². The standard InChI is InChI=1S/C24H38O4.C4H6O2/c1-3-5-7-9-11-15-19-27-23(25)21-17-13-14-18-22(21)24(26)28-20-16-12-10-8-6-4-2;1-2-3-4(5)6/h13-14,17-18H,3-12,15-16,19-20H2,1-2H3;2H,1,3H2,(H,5,6). The van der Waals surface area contributed by atoms with E-state index in [2.05, 4.69) is 20.4 Å². The van der Waals surface area contributed by atoms with E-state index in [0.717, 1.165) is 25.7 Å². The van der Waals surface area contributed by atoms with Crippen molar-refractivity contribution in [3.8, 4) is 0 Å². The van der Waals surface area contributed by atoms with Gasteiger partial charge < -0.3 is 14.6 Å². The fourth-order valence-corrected chi connectivity index (χ4v) is 3.21. The van der Waals surface area contributed by atoms with Crippen LogP contribution in [0.15, 0.2) is 36.9 Å². The van der Waals surface area contributed by atoms with Gasteiger partial charge in [-0.25, -0.2) is 9.59 Å². The zero-order valence-corrected chi connectivity index (χ0v) is 21.2. The van der Waals surface area contributed by atoms with Gasteiger partial charge in [0.1, 0.15) is 0 Å². The van der Waals surface area contributed by atoms with Crippen LogP contribution < -0.4 is 0 Å². The lowest BCUT2D eigenvalue weighted by Crippen LogP contribution is -2.15. The van der Waals surface area contributed by atoms with Crippen molar-refractivity contribution in [2.24, 2.45) is 0 Å². The summed E-state index contributed by atoms with van der Waals surface area (Å²) in [7, 11) is 0. The summed E-state index contributed by atoms with van der Waals surface area (Å²) in [6.07, 6.45) is 15.0. The zero-order valence-electron chi connectivity index (χ0n) is 21.2. The Hall–Kier alpha value is -2.63. The fourth-order valence-electron chi connectivity index (χ4n) is 3.21. The molecular formula is C28H44O6. The second-order valence-corrected chi connectivity index (χ2v) is 8.24. The molecule has 0 aliphatic heterocycles. The average molecular weight is 477 g/mol. The third-order valence-electron chi connectivity index (χ3n) is 5.15. The Kier molecular flexibility index (Phi) is 20.5. The van der Waals surface area contributed by atoms with Crippen molar-refractivity contribution in [2.45, 2.75) is 97.3 Å². The van der Waals surface area contributed by atoms with Crippen molar-refractivity contribution in [2.75, 3.05) is 13.2 Å². The molecule has 6 nitrogen and oxygen atoms in total. The van der Waals surface area contributed by atoms with Gasteiger partial charge in [-0.2, -0.15) is 0 Å². The Labute approximate surface area is 205 Å². The third-order valence-corrected chi connectivity index (χ3v) is 5.15. The molecule has 0 unspecified atom stereocenters. The molecule has 0 saturated carbocycles. The minimum atomic E-state index is -0.829. The highest BCUT2D eigenvalue weighted by atomic mass is 16.5. The van der Waals surface area contributed by atoms with Gasteiger partial charge in [0.15, 0.2) is 0 Å². The summed E-state index contributed by atoms with van der Waals surface area (Å²) < 4.78 is 10.7. The number of unbranched alkanes of at least 4 members (excludes halogenated alkanes) is 10. The minimum absolute atomic E-state index is 0.0556. The molecule has 0 bridgehead atoms. The number of ether oxygens (including phenoxy) is 2. The summed E-state index contributed by atoms with van der Waals surface area (Å²) in [5.41, 5.74) is 0.586. The van der Waals surface area contributed by atoms with Crippen molar-refractivity contribution in [3.05, 3.63) is 48.0 Å². The van der Waals surface area contributed by atoms with Gasteiger partial charge in [-0.05, 0) is 25.0 Å². The molecule has 0 heterocycles. The van der Waals surface area contributed by atoms with E-state index in [4.69, 9.17) is 14.6 Å². The molecule has 1 aromatic carbocycles. The van der Waals surface area contributed by atoms with Crippen LogP contribution in [0.25, 0.3) is 0 Å². The topological polar surface area (TPSA) is 89.9 Å². The summed E-state index contributed by atoms with van der Waals surface area (Å²) in [5, 5.41) is 7.84. The van der Waals surface area contributed by atoms with E-state index < -0.39 is 17.9 Å². The average Bonchev–Trinajstić information content (AvgIpc) is 2.83. The fraction of sp³-hybridized carbons (Fsp3) is 0.607. The molecule has 1 rings (SSSR count). The molecule has 0 aromatic heterocycles. The summed E-state index contributed by atoms with van der Waals surface area (Å²) in [5.74, 6) is -1.72. The highest BCUT2D eigenvalue weighted by Crippen LogP contribution is 2.14. The first-order valence-corrected chi connectivity index (χ1v) is 12.7. The quantitative estimate of drug-likeness (QED) is 0.135. The predicted octanol–water partition coefficient (Wildman–Crippen LogP) is 7.37. The Morgan fingerprint density at radius 2 is 1.12 bits per heavy atom. The molecule has 0 spiro atoms. The second-order valence-electron chi connectivity index (χ2n) is 8.24. The first-order valence-electron chi connectivity index (χ1n) is 12.7. The van der Waals surface area contributed by atoms with E-state index >= 15 is 0 Å². The lowest BCUT2D eigenvalue weighted by molar-refractivity contribution is -0.136. The van der Waals surface area contributed by atoms with Gasteiger partial charge in [0, 0.05) is 0 Å². The monoisotopic (exact) mass is 476 g/mol. The highest BCUT2D eigenvalue weighted by Gasteiger charge is 2.18. The van der Waals surface area contributed by atoms with E-state index in [0.29, 0.717) is 24.3 Å². The van der Waals surface area contributed by atoms with Crippen molar-refractivity contribution in [1.29, 1.82) is 0 Å². The minimum Gasteiger partial charge on any atom is -0.481 e. The smallest absolute Gasteiger partial charge is 0.339 e. The van der Waals surface area contributed by atoms with Gasteiger partial charge in [0.2, 0.25) is 0 Å². The Morgan fingerprint density at radius 3 is 1.44 bits per heavy atom. The highest BCUT2D eigenvalue weighted by molar-refractivity contribution is 6.03. The molecule has 0 amide bonds. The largest absolute Gasteiger partial charge is 0.481 e. The van der Waals surface area contributed by atoms with Gasteiger partial charge in [0.05, 0.1) is 30.8 Å². The molecule has 0 radical (unpaired) electrons. The number of hydrogen-bond acceptors (Lipinski definition) is 5. The van der Waals surface area contributed by atoms with Crippen molar-refractivity contribution < 1.29 is 29.0 Å². The number of rotatable bonds is 18. The van der Waals surface area contributed by atoms with Crippen LogP contribution in [-0.2, 0) is 14.3 Å². The SMILES string of the molecule is C=CCC(=O)O.CCCCCCCCOC(=O)c1ccccc1C(=O)OCCCCCCCC. The number of hydrogen-bond donors (Lipinski definition) is 1. The summed E-state index contributed by atoms with van der Waals surface area (Å²) in [6, 6.07) is 6.74. The maximum absolute atomic E-state index is 12.4. The van der Waals surface area contributed by atoms with Crippen LogP contribution in [0.2, 0.25) is 0 Å². The molecule has 0 aliphatic carbocycles. The summed E-state index contributed by atoms with van der Waals surface area (Å²) in [4.78, 5) is 34.2. The number of carbonyl (C=O) groups is 3. The van der Waals surface area contributed by atoms with Crippen molar-refractivity contribution in [1.82, 2.24) is 0 Å². The van der Waals surface area contributed by atoms with E-state index in [1.165, 1.54) is 57.4 Å². The molecule has 192 valence electrons. The van der Waals surface area contributed by atoms with Crippen LogP contribution in [0.1, 0.15) is 118 Å². The lowest BCUT2D eigenvalue weighted by Gasteiger charge is -2.10. The van der Waals surface area contributed by atoms with E-state index in [1.807, 2.05) is 0 Å². The van der Waals surface area contributed by atoms with E-state index in [9.17, 15) is 14.4 Å². The van der Waals surface area contributed by atoms with Gasteiger partial charge >= 0.3 is 17.9 Å². The van der Waals surface area contributed by atoms with Gasteiger partial charge in [0.25, 0.3) is 0 Å². The first-order chi connectivity index (χ1) is 16.5. The van der Waals surface area contributed by atoms with Crippen molar-refractivity contribution >= 4 is 17.9 Å². The number of esters is 2. The van der Waals surface area contributed by atoms with Crippen LogP contribution in [0.4, 0.5) is 0 Å². The molecule has 1 aromatic rings. The van der Waals surface area contributed by atoms with Gasteiger partial charge in [-0.3, -0.25) is 4.79 Å². The number of carboxylic acids is 1. The molecule has 0 fully saturated rings. The van der Waals surface area contributed by atoms with Crippen molar-refractivity contribution in [3.63, 3.8) is 0 Å². The van der Waals surface area contributed by atoms with Crippen LogP contribution in [0, 0.1) is 0 Å². The molecule has 0 saturated heterocycles. The summed E-state index contributed by atoms with van der Waals surface area (Å²) in [6.45, 7) is 8.39. The molecular weight excluding hydrogens is 432 g/mol. The number of aliphatic carboxylic acids is 1. The summed E-state index contributed by atoms with van der Waals surface area (Å²) >= 11 is 0. The number of carboxylic acid groups (broad SMARTS) is 1. The first kappa shape index (κ1) is 31.4. The Morgan fingerprint density at radius 1 is 0.735 bits per heavy atom. The maximum Gasteiger partial charge on any atom is 0.339 e. The third kappa shape index (κ3) is 16.9. The number of carbonyl (C=O) groups excluding carboxylic acids is 2. The Balaban J connectivity index is 0.00000160. The van der Waals surface area contributed by atoms with Crippen LogP contribution in [-0.4, -0.2) is 36.2 Å². The van der Waals surface area contributed by atoms with Crippen LogP contribution >= 0.6 is 0 Å². The molecule has 6 heteroatoms. The Bertz CT molecular complexity index is 649. The second kappa shape index (κ2) is 22.2. The van der Waals surface area contributed by atoms with Crippen LogP contribution in [0.3, 0.4) is 0 Å². The molecule has 0 aliphatic rings. The molecule has 0 atom stereocenters.